The van der Waals surface area contributed by atoms with Crippen LogP contribution in [-0.2, 0) is 17.5 Å². The van der Waals surface area contributed by atoms with E-state index in [2.05, 4.69) is 5.32 Å². The van der Waals surface area contributed by atoms with Gasteiger partial charge in [-0.1, -0.05) is 48.5 Å². The summed E-state index contributed by atoms with van der Waals surface area (Å²) in [7, 11) is 0. The smallest absolute Gasteiger partial charge is 0.376 e. The number of hydrogen-bond acceptors (Lipinski definition) is 2. The van der Waals surface area contributed by atoms with Crippen molar-refractivity contribution in [1.29, 1.82) is 0 Å². The summed E-state index contributed by atoms with van der Waals surface area (Å²) in [5, 5.41) is 3.27. The van der Waals surface area contributed by atoms with E-state index in [1.807, 2.05) is 0 Å². The molecule has 1 fully saturated rings. The number of halogens is 3. The van der Waals surface area contributed by atoms with Gasteiger partial charge in [0.2, 0.25) is 0 Å². The average molecular weight is 349 g/mol. The molecule has 1 saturated heterocycles. The second-order valence-electron chi connectivity index (χ2n) is 6.41. The van der Waals surface area contributed by atoms with Crippen molar-refractivity contribution in [2.24, 2.45) is 5.92 Å². The molecule has 134 valence electrons. The van der Waals surface area contributed by atoms with Crippen molar-refractivity contribution in [3.63, 3.8) is 0 Å². The maximum atomic E-state index is 13.7. The van der Waals surface area contributed by atoms with E-state index in [1.54, 1.807) is 36.4 Å². The van der Waals surface area contributed by atoms with Crippen LogP contribution in [-0.4, -0.2) is 19.7 Å². The van der Waals surface area contributed by atoms with Gasteiger partial charge in [0, 0.05) is 6.61 Å². The van der Waals surface area contributed by atoms with Crippen LogP contribution in [0.15, 0.2) is 48.5 Å². The summed E-state index contributed by atoms with van der Waals surface area (Å²) in [6.07, 6.45) is -2.40. The van der Waals surface area contributed by atoms with Gasteiger partial charge in [-0.25, -0.2) is 0 Å². The number of benzene rings is 2. The second-order valence-corrected chi connectivity index (χ2v) is 6.41. The minimum atomic E-state index is -4.42. The van der Waals surface area contributed by atoms with E-state index in [0.29, 0.717) is 18.1 Å². The molecule has 2 nitrogen and oxygen atoms in total. The molecule has 0 radical (unpaired) electrons. The summed E-state index contributed by atoms with van der Waals surface area (Å²) in [4.78, 5) is 0. The molecular formula is C20H22F3NO. The van der Waals surface area contributed by atoms with Crippen LogP contribution in [0.2, 0.25) is 0 Å². The van der Waals surface area contributed by atoms with E-state index >= 15 is 0 Å². The van der Waals surface area contributed by atoms with Crippen molar-refractivity contribution in [2.75, 3.05) is 19.7 Å². The van der Waals surface area contributed by atoms with Gasteiger partial charge < -0.3 is 10.1 Å². The Morgan fingerprint density at radius 1 is 0.960 bits per heavy atom. The molecule has 0 amide bonds. The van der Waals surface area contributed by atoms with Crippen LogP contribution in [0.5, 0.6) is 0 Å². The minimum absolute atomic E-state index is 0.0144. The van der Waals surface area contributed by atoms with Crippen LogP contribution in [0.3, 0.4) is 0 Å². The molecule has 0 spiro atoms. The van der Waals surface area contributed by atoms with Gasteiger partial charge in [0.1, 0.15) is 0 Å². The Morgan fingerprint density at radius 3 is 2.36 bits per heavy atom. The normalized spacial score (nSPS) is 16.1. The van der Waals surface area contributed by atoms with Crippen LogP contribution >= 0.6 is 0 Å². The van der Waals surface area contributed by atoms with Crippen LogP contribution < -0.4 is 5.32 Å². The Labute approximate surface area is 146 Å². The molecule has 1 heterocycles. The predicted octanol–water partition coefficient (Wildman–Crippen LogP) is 4.89. The lowest BCUT2D eigenvalue weighted by Gasteiger charge is -2.23. The first kappa shape index (κ1) is 18.0. The Balaban J connectivity index is 1.81. The molecule has 0 atom stereocenters. The van der Waals surface area contributed by atoms with E-state index in [-0.39, 0.29) is 17.7 Å². The number of hydrogen-bond donors (Lipinski definition) is 1. The first-order valence-electron chi connectivity index (χ1n) is 8.58. The molecule has 1 aliphatic rings. The summed E-state index contributed by atoms with van der Waals surface area (Å²) in [6, 6.07) is 13.4. The highest BCUT2D eigenvalue weighted by Gasteiger charge is 2.36. The molecule has 0 saturated carbocycles. The molecule has 0 unspecified atom stereocenters. The van der Waals surface area contributed by atoms with Gasteiger partial charge in [0.25, 0.3) is 0 Å². The lowest BCUT2D eigenvalue weighted by atomic mass is 9.95. The molecule has 0 aliphatic carbocycles. The third kappa shape index (κ3) is 4.61. The van der Waals surface area contributed by atoms with Crippen molar-refractivity contribution < 1.29 is 17.9 Å². The summed E-state index contributed by atoms with van der Waals surface area (Å²) >= 11 is 0. The van der Waals surface area contributed by atoms with Gasteiger partial charge in [-0.3, -0.25) is 0 Å². The summed E-state index contributed by atoms with van der Waals surface area (Å²) in [5.41, 5.74) is 0.375. The number of nitrogens with one attached hydrogen (secondary N) is 1. The fourth-order valence-electron chi connectivity index (χ4n) is 3.30. The average Bonchev–Trinajstić information content (AvgIpc) is 2.62. The van der Waals surface area contributed by atoms with Gasteiger partial charge in [0.05, 0.1) is 12.2 Å². The maximum Gasteiger partial charge on any atom is 0.417 e. The molecular weight excluding hydrogens is 327 g/mol. The number of ether oxygens (including phenoxy) is 1. The maximum absolute atomic E-state index is 13.7. The van der Waals surface area contributed by atoms with Crippen molar-refractivity contribution in [3.8, 4) is 11.1 Å². The van der Waals surface area contributed by atoms with Crippen LogP contribution in [0.1, 0.15) is 24.0 Å². The zero-order valence-corrected chi connectivity index (χ0v) is 14.0. The number of piperidine rings is 1. The first-order chi connectivity index (χ1) is 12.1. The Morgan fingerprint density at radius 2 is 1.68 bits per heavy atom. The molecule has 1 N–H and O–H groups in total. The van der Waals surface area contributed by atoms with Gasteiger partial charge in [-0.15, -0.1) is 0 Å². The van der Waals surface area contributed by atoms with E-state index in [0.717, 1.165) is 25.9 Å². The van der Waals surface area contributed by atoms with E-state index < -0.39 is 11.7 Å². The van der Waals surface area contributed by atoms with Crippen molar-refractivity contribution in [3.05, 3.63) is 59.7 Å². The first-order valence-corrected chi connectivity index (χ1v) is 8.58. The highest BCUT2D eigenvalue weighted by Crippen LogP contribution is 2.39. The van der Waals surface area contributed by atoms with Crippen LogP contribution in [0.25, 0.3) is 11.1 Å². The predicted molar refractivity (Wildman–Crippen MR) is 92.1 cm³/mol. The van der Waals surface area contributed by atoms with E-state index in [1.165, 1.54) is 12.1 Å². The fourth-order valence-corrected chi connectivity index (χ4v) is 3.30. The molecule has 0 bridgehead atoms. The summed E-state index contributed by atoms with van der Waals surface area (Å²) < 4.78 is 46.8. The van der Waals surface area contributed by atoms with Crippen LogP contribution in [0.4, 0.5) is 13.2 Å². The zero-order chi connectivity index (χ0) is 17.7. The third-order valence-electron chi connectivity index (χ3n) is 4.59. The largest absolute Gasteiger partial charge is 0.417 e. The van der Waals surface area contributed by atoms with Crippen molar-refractivity contribution in [1.82, 2.24) is 5.32 Å². The van der Waals surface area contributed by atoms with Crippen LogP contribution in [0, 0.1) is 5.92 Å². The SMILES string of the molecule is FC(F)(F)c1c(COCC2CCNCC2)cccc1-c1ccccc1. The Kier molecular flexibility index (Phi) is 5.76. The molecule has 5 heteroatoms. The van der Waals surface area contributed by atoms with E-state index in [9.17, 15) is 13.2 Å². The zero-order valence-electron chi connectivity index (χ0n) is 14.0. The third-order valence-corrected chi connectivity index (χ3v) is 4.59. The highest BCUT2D eigenvalue weighted by atomic mass is 19.4. The molecule has 1 aliphatic heterocycles. The monoisotopic (exact) mass is 349 g/mol. The lowest BCUT2D eigenvalue weighted by molar-refractivity contribution is -0.138. The van der Waals surface area contributed by atoms with E-state index in [4.69, 9.17) is 4.74 Å². The molecule has 0 aromatic heterocycles. The second kappa shape index (κ2) is 8.02. The van der Waals surface area contributed by atoms with Gasteiger partial charge >= 0.3 is 6.18 Å². The standard InChI is InChI=1S/C20H22F3NO/c21-20(22,23)19-17(14-25-13-15-9-11-24-12-10-15)7-4-8-18(19)16-5-2-1-3-6-16/h1-8,15,24H,9-14H2. The molecule has 2 aromatic carbocycles. The molecule has 25 heavy (non-hydrogen) atoms. The van der Waals surface area contributed by atoms with Gasteiger partial charge in [-0.05, 0) is 48.5 Å². The highest BCUT2D eigenvalue weighted by molar-refractivity contribution is 5.69. The lowest BCUT2D eigenvalue weighted by Crippen LogP contribution is -2.30. The fraction of sp³-hybridized carbons (Fsp3) is 0.400. The van der Waals surface area contributed by atoms with Crippen molar-refractivity contribution in [2.45, 2.75) is 25.6 Å². The summed E-state index contributed by atoms with van der Waals surface area (Å²) in [5.74, 6) is 0.424. The van der Waals surface area contributed by atoms with Gasteiger partial charge in [0.15, 0.2) is 0 Å². The molecule has 3 rings (SSSR count). The number of alkyl halides is 3. The number of rotatable bonds is 5. The van der Waals surface area contributed by atoms with Crippen molar-refractivity contribution >= 4 is 0 Å². The molecule has 2 aromatic rings. The quantitative estimate of drug-likeness (QED) is 0.830. The Bertz CT molecular complexity index is 679. The Hall–Kier alpha value is -1.85. The van der Waals surface area contributed by atoms with Gasteiger partial charge in [-0.2, -0.15) is 13.2 Å². The topological polar surface area (TPSA) is 21.3 Å². The summed E-state index contributed by atoms with van der Waals surface area (Å²) in [6.45, 7) is 2.39. The minimum Gasteiger partial charge on any atom is -0.376 e.